The van der Waals surface area contributed by atoms with Crippen molar-refractivity contribution in [3.63, 3.8) is 0 Å². The van der Waals surface area contributed by atoms with E-state index >= 15 is 0 Å². The van der Waals surface area contributed by atoms with Crippen molar-refractivity contribution in [2.75, 3.05) is 0 Å². The summed E-state index contributed by atoms with van der Waals surface area (Å²) in [6, 6.07) is 5.71. The van der Waals surface area contributed by atoms with Crippen LogP contribution in [0.3, 0.4) is 0 Å². The molecule has 0 bridgehead atoms. The first-order valence-electron chi connectivity index (χ1n) is 5.98. The molecule has 0 amide bonds. The van der Waals surface area contributed by atoms with E-state index in [9.17, 15) is 5.11 Å². The first-order chi connectivity index (χ1) is 8.56. The Morgan fingerprint density at radius 2 is 2.00 bits per heavy atom. The maximum Gasteiger partial charge on any atom is 0.138 e. The maximum atomic E-state index is 9.68. The van der Waals surface area contributed by atoms with Gasteiger partial charge in [0.15, 0.2) is 0 Å². The summed E-state index contributed by atoms with van der Waals surface area (Å²) in [5, 5.41) is 13.0. The van der Waals surface area contributed by atoms with Crippen molar-refractivity contribution in [1.82, 2.24) is 10.3 Å². The van der Waals surface area contributed by atoms with E-state index in [1.165, 1.54) is 15.3 Å². The van der Waals surface area contributed by atoms with Gasteiger partial charge in [-0.25, -0.2) is 0 Å². The Hall–Kier alpha value is -1.39. The van der Waals surface area contributed by atoms with Crippen molar-refractivity contribution in [1.29, 1.82) is 0 Å². The molecule has 0 saturated heterocycles. The molecule has 0 aliphatic heterocycles. The summed E-state index contributed by atoms with van der Waals surface area (Å²) in [6.07, 6.45) is 0. The third kappa shape index (κ3) is 3.09. The maximum absolute atomic E-state index is 9.68. The second kappa shape index (κ2) is 5.50. The molecule has 2 rings (SSSR count). The number of pyridine rings is 1. The zero-order valence-corrected chi connectivity index (χ0v) is 11.8. The number of rotatable bonds is 4. The highest BCUT2D eigenvalue weighted by atomic mass is 32.1. The predicted octanol–water partition coefficient (Wildman–Crippen LogP) is 3.06. The molecule has 0 radical (unpaired) electrons. The van der Waals surface area contributed by atoms with Crippen molar-refractivity contribution in [3.05, 3.63) is 44.9 Å². The van der Waals surface area contributed by atoms with Gasteiger partial charge in [0.05, 0.1) is 5.69 Å². The van der Waals surface area contributed by atoms with Crippen LogP contribution in [0.5, 0.6) is 5.75 Å². The van der Waals surface area contributed by atoms with E-state index in [1.807, 2.05) is 24.3 Å². The van der Waals surface area contributed by atoms with Crippen molar-refractivity contribution in [2.45, 2.75) is 33.9 Å². The average Bonchev–Trinajstić information content (AvgIpc) is 2.63. The Morgan fingerprint density at radius 1 is 1.22 bits per heavy atom. The number of nitrogens with one attached hydrogen (secondary N) is 1. The van der Waals surface area contributed by atoms with Gasteiger partial charge in [-0.15, -0.1) is 11.3 Å². The first kappa shape index (κ1) is 13.1. The molecule has 4 heteroatoms. The zero-order chi connectivity index (χ0) is 13.1. The lowest BCUT2D eigenvalue weighted by Gasteiger charge is -2.05. The molecule has 3 nitrogen and oxygen atoms in total. The lowest BCUT2D eigenvalue weighted by Crippen LogP contribution is -2.13. The summed E-state index contributed by atoms with van der Waals surface area (Å²) in [5.74, 6) is 0.256. The molecule has 0 aromatic carbocycles. The Bertz CT molecular complexity index is 529. The molecular formula is C14H18N2OS. The molecule has 0 aliphatic carbocycles. The van der Waals surface area contributed by atoms with Gasteiger partial charge in [-0.05, 0) is 44.5 Å². The Kier molecular flexibility index (Phi) is 3.99. The highest BCUT2D eigenvalue weighted by Gasteiger charge is 2.04. The van der Waals surface area contributed by atoms with Gasteiger partial charge in [-0.2, -0.15) is 0 Å². The van der Waals surface area contributed by atoms with Crippen LogP contribution in [0.2, 0.25) is 0 Å². The minimum atomic E-state index is 0.256. The molecule has 18 heavy (non-hydrogen) atoms. The fourth-order valence-electron chi connectivity index (χ4n) is 1.77. The quantitative estimate of drug-likeness (QED) is 0.890. The average molecular weight is 262 g/mol. The molecule has 2 aromatic heterocycles. The predicted molar refractivity (Wildman–Crippen MR) is 75.0 cm³/mol. The van der Waals surface area contributed by atoms with Gasteiger partial charge >= 0.3 is 0 Å². The van der Waals surface area contributed by atoms with Crippen LogP contribution in [0.4, 0.5) is 0 Å². The van der Waals surface area contributed by atoms with Gasteiger partial charge in [-0.1, -0.05) is 0 Å². The summed E-state index contributed by atoms with van der Waals surface area (Å²) in [5.41, 5.74) is 2.97. The first-order valence-corrected chi connectivity index (χ1v) is 6.80. The van der Waals surface area contributed by atoms with E-state index in [2.05, 4.69) is 30.2 Å². The van der Waals surface area contributed by atoms with Crippen molar-refractivity contribution < 1.29 is 5.11 Å². The van der Waals surface area contributed by atoms with Crippen LogP contribution >= 0.6 is 11.3 Å². The van der Waals surface area contributed by atoms with E-state index in [0.29, 0.717) is 12.2 Å². The van der Waals surface area contributed by atoms with Crippen LogP contribution in [0.15, 0.2) is 18.2 Å². The summed E-state index contributed by atoms with van der Waals surface area (Å²) in [7, 11) is 0. The van der Waals surface area contributed by atoms with E-state index < -0.39 is 0 Å². The van der Waals surface area contributed by atoms with Crippen LogP contribution in [-0.4, -0.2) is 10.1 Å². The van der Waals surface area contributed by atoms with Crippen LogP contribution in [0, 0.1) is 20.8 Å². The highest BCUT2D eigenvalue weighted by molar-refractivity contribution is 7.12. The minimum absolute atomic E-state index is 0.256. The summed E-state index contributed by atoms with van der Waals surface area (Å²) in [4.78, 5) is 7.00. The van der Waals surface area contributed by atoms with E-state index in [0.717, 1.165) is 12.2 Å². The number of aromatic hydroxyl groups is 1. The summed E-state index contributed by atoms with van der Waals surface area (Å²) in [6.45, 7) is 7.59. The molecule has 0 spiro atoms. The summed E-state index contributed by atoms with van der Waals surface area (Å²) >= 11 is 1.81. The van der Waals surface area contributed by atoms with Gasteiger partial charge in [0.2, 0.25) is 0 Å². The highest BCUT2D eigenvalue weighted by Crippen LogP contribution is 2.20. The SMILES string of the molecule is Cc1ccc(O)c(CNCc2cc(C)c(C)s2)n1. The van der Waals surface area contributed by atoms with Crippen molar-refractivity contribution >= 4 is 11.3 Å². The number of nitrogens with zero attached hydrogens (tertiary/aromatic N) is 1. The monoisotopic (exact) mass is 262 g/mol. The van der Waals surface area contributed by atoms with Gasteiger partial charge < -0.3 is 10.4 Å². The summed E-state index contributed by atoms with van der Waals surface area (Å²) < 4.78 is 0. The minimum Gasteiger partial charge on any atom is -0.506 e. The van der Waals surface area contributed by atoms with Gasteiger partial charge in [0.25, 0.3) is 0 Å². The molecule has 0 atom stereocenters. The van der Waals surface area contributed by atoms with Crippen LogP contribution in [0.25, 0.3) is 0 Å². The second-order valence-electron chi connectivity index (χ2n) is 4.47. The molecular weight excluding hydrogens is 244 g/mol. The van der Waals surface area contributed by atoms with Crippen molar-refractivity contribution in [2.24, 2.45) is 0 Å². The number of aromatic nitrogens is 1. The van der Waals surface area contributed by atoms with E-state index in [-0.39, 0.29) is 5.75 Å². The van der Waals surface area contributed by atoms with Gasteiger partial charge in [0, 0.05) is 28.5 Å². The fourth-order valence-corrected chi connectivity index (χ4v) is 2.80. The molecule has 0 fully saturated rings. The molecule has 2 heterocycles. The van der Waals surface area contributed by atoms with Gasteiger partial charge in [-0.3, -0.25) is 4.98 Å². The number of hydrogen-bond acceptors (Lipinski definition) is 4. The van der Waals surface area contributed by atoms with E-state index in [1.54, 1.807) is 6.07 Å². The zero-order valence-electron chi connectivity index (χ0n) is 10.9. The second-order valence-corrected chi connectivity index (χ2v) is 5.81. The van der Waals surface area contributed by atoms with Gasteiger partial charge in [0.1, 0.15) is 5.75 Å². The number of thiophene rings is 1. The Balaban J connectivity index is 1.94. The third-order valence-corrected chi connectivity index (χ3v) is 4.05. The number of aryl methyl sites for hydroxylation is 3. The third-order valence-electron chi connectivity index (χ3n) is 2.90. The van der Waals surface area contributed by atoms with Crippen molar-refractivity contribution in [3.8, 4) is 5.75 Å². The lowest BCUT2D eigenvalue weighted by molar-refractivity contribution is 0.459. The smallest absolute Gasteiger partial charge is 0.138 e. The normalized spacial score (nSPS) is 10.8. The largest absolute Gasteiger partial charge is 0.506 e. The molecule has 2 N–H and O–H groups in total. The molecule has 0 unspecified atom stereocenters. The number of hydrogen-bond donors (Lipinski definition) is 2. The van der Waals surface area contributed by atoms with E-state index in [4.69, 9.17) is 0 Å². The lowest BCUT2D eigenvalue weighted by atomic mass is 10.2. The van der Waals surface area contributed by atoms with Crippen LogP contribution in [-0.2, 0) is 13.1 Å². The molecule has 0 saturated carbocycles. The van der Waals surface area contributed by atoms with Crippen LogP contribution in [0.1, 0.15) is 26.7 Å². The molecule has 96 valence electrons. The molecule has 2 aromatic rings. The Morgan fingerprint density at radius 3 is 2.67 bits per heavy atom. The van der Waals surface area contributed by atoms with Crippen LogP contribution < -0.4 is 5.32 Å². The standard InChI is InChI=1S/C14H18N2OS/c1-9-6-12(18-11(9)3)7-15-8-13-14(17)5-4-10(2)16-13/h4-6,15,17H,7-8H2,1-3H3. The fraction of sp³-hybridized carbons (Fsp3) is 0.357. The Labute approximate surface area is 112 Å². The topological polar surface area (TPSA) is 45.1 Å². The molecule has 0 aliphatic rings.